The molecule has 1 aliphatic rings. The van der Waals surface area contributed by atoms with Gasteiger partial charge in [0, 0.05) is 24.7 Å². The van der Waals surface area contributed by atoms with Crippen LogP contribution in [-0.4, -0.2) is 36.3 Å². The van der Waals surface area contributed by atoms with E-state index in [0.717, 1.165) is 0 Å². The Hall–Kier alpha value is -2.02. The fourth-order valence-electron chi connectivity index (χ4n) is 3.17. The van der Waals surface area contributed by atoms with Crippen molar-refractivity contribution in [1.82, 2.24) is 5.32 Å². The summed E-state index contributed by atoms with van der Waals surface area (Å²) in [6.45, 7) is 3.03. The summed E-state index contributed by atoms with van der Waals surface area (Å²) in [5.41, 5.74) is 1.16. The molecule has 0 aromatic heterocycles. The average Bonchev–Trinajstić information content (AvgIpc) is 2.69. The number of aliphatic hydroxyl groups excluding tert-OH is 1. The van der Waals surface area contributed by atoms with E-state index < -0.39 is 6.10 Å². The molecule has 0 spiro atoms. The number of halogens is 3. The lowest BCUT2D eigenvalue weighted by Gasteiger charge is -2.31. The number of benzene rings is 2. The smallest absolute Gasteiger partial charge is 0.261 e. The van der Waals surface area contributed by atoms with E-state index in [4.69, 9.17) is 27.9 Å². The van der Waals surface area contributed by atoms with Crippen molar-refractivity contribution in [1.29, 1.82) is 0 Å². The number of aliphatic hydroxyl groups is 1. The molecule has 8 heteroatoms. The summed E-state index contributed by atoms with van der Waals surface area (Å²) in [5, 5.41) is 13.1. The first-order valence-corrected chi connectivity index (χ1v) is 10.2. The monoisotopic (exact) mass is 440 g/mol. The molecule has 2 N–H and O–H groups in total. The Balaban J connectivity index is 1.55. The molecule has 1 heterocycles. The van der Waals surface area contributed by atoms with Crippen LogP contribution in [0.5, 0.6) is 5.75 Å². The highest BCUT2D eigenvalue weighted by atomic mass is 35.5. The van der Waals surface area contributed by atoms with Crippen molar-refractivity contribution in [3.63, 3.8) is 0 Å². The number of hydrogen-bond donors (Lipinski definition) is 2. The van der Waals surface area contributed by atoms with Gasteiger partial charge in [-0.15, -0.1) is 0 Å². The Bertz CT molecular complexity index is 873. The summed E-state index contributed by atoms with van der Waals surface area (Å²) in [6.07, 6.45) is 0.174. The fourth-order valence-corrected chi connectivity index (χ4v) is 3.62. The van der Waals surface area contributed by atoms with Crippen LogP contribution in [0.3, 0.4) is 0 Å². The second-order valence-electron chi connectivity index (χ2n) is 7.06. The van der Waals surface area contributed by atoms with E-state index in [1.807, 2.05) is 4.90 Å². The molecule has 0 aliphatic carbocycles. The minimum Gasteiger partial charge on any atom is -0.479 e. The van der Waals surface area contributed by atoms with Gasteiger partial charge in [-0.3, -0.25) is 4.79 Å². The Morgan fingerprint density at radius 2 is 2.00 bits per heavy atom. The predicted octanol–water partition coefficient (Wildman–Crippen LogP) is 4.18. The molecule has 1 amide bonds. The Labute approximate surface area is 179 Å². The maximum atomic E-state index is 14.5. The molecule has 5 nitrogen and oxygen atoms in total. The SMILES string of the molecule is CC(Oc1ccc(Cl)cc1Cl)C(=O)NCc1ccc(N2CCC(O)CC2)c(F)c1. The molecular weight excluding hydrogens is 418 g/mol. The van der Waals surface area contributed by atoms with Crippen LogP contribution in [0.4, 0.5) is 10.1 Å². The van der Waals surface area contributed by atoms with E-state index in [1.165, 1.54) is 12.1 Å². The number of carbonyl (C=O) groups is 1. The maximum Gasteiger partial charge on any atom is 0.261 e. The van der Waals surface area contributed by atoms with Gasteiger partial charge in [0.25, 0.3) is 5.91 Å². The first-order chi connectivity index (χ1) is 13.8. The van der Waals surface area contributed by atoms with E-state index in [2.05, 4.69) is 5.32 Å². The molecule has 0 saturated carbocycles. The van der Waals surface area contributed by atoms with Crippen LogP contribution in [0, 0.1) is 5.82 Å². The van der Waals surface area contributed by atoms with Gasteiger partial charge >= 0.3 is 0 Å². The van der Waals surface area contributed by atoms with Crippen molar-refractivity contribution in [3.8, 4) is 5.75 Å². The topological polar surface area (TPSA) is 61.8 Å². The van der Waals surface area contributed by atoms with E-state index in [1.54, 1.807) is 31.2 Å². The lowest BCUT2D eigenvalue weighted by atomic mass is 10.1. The number of carbonyl (C=O) groups excluding carboxylic acids is 1. The van der Waals surface area contributed by atoms with Crippen LogP contribution in [0.15, 0.2) is 36.4 Å². The summed E-state index contributed by atoms with van der Waals surface area (Å²) in [5.74, 6) is -0.323. The van der Waals surface area contributed by atoms with Gasteiger partial charge in [-0.2, -0.15) is 0 Å². The predicted molar refractivity (Wildman–Crippen MR) is 112 cm³/mol. The highest BCUT2D eigenvalue weighted by Gasteiger charge is 2.20. The van der Waals surface area contributed by atoms with Gasteiger partial charge in [0.2, 0.25) is 0 Å². The molecule has 0 bridgehead atoms. The van der Waals surface area contributed by atoms with Crippen LogP contribution in [0.25, 0.3) is 0 Å². The third kappa shape index (κ3) is 5.75. The minimum absolute atomic E-state index is 0.177. The van der Waals surface area contributed by atoms with Gasteiger partial charge in [0.1, 0.15) is 11.6 Å². The van der Waals surface area contributed by atoms with E-state index in [0.29, 0.717) is 53.0 Å². The fraction of sp³-hybridized carbons (Fsp3) is 0.381. The minimum atomic E-state index is -0.780. The second-order valence-corrected chi connectivity index (χ2v) is 7.90. The average molecular weight is 441 g/mol. The van der Waals surface area contributed by atoms with Crippen LogP contribution in [0.1, 0.15) is 25.3 Å². The third-order valence-corrected chi connectivity index (χ3v) is 5.38. The summed E-state index contributed by atoms with van der Waals surface area (Å²) in [4.78, 5) is 14.2. The maximum absolute atomic E-state index is 14.5. The normalized spacial score (nSPS) is 15.8. The molecule has 1 aliphatic heterocycles. The number of rotatable bonds is 6. The molecule has 2 aromatic carbocycles. The molecule has 3 rings (SSSR count). The zero-order valence-corrected chi connectivity index (χ0v) is 17.5. The first kappa shape index (κ1) is 21.7. The number of anilines is 1. The molecule has 2 aromatic rings. The van der Waals surface area contributed by atoms with Crippen LogP contribution < -0.4 is 15.0 Å². The molecule has 156 valence electrons. The van der Waals surface area contributed by atoms with Crippen LogP contribution in [-0.2, 0) is 11.3 Å². The third-order valence-electron chi connectivity index (χ3n) is 4.85. The molecule has 1 saturated heterocycles. The van der Waals surface area contributed by atoms with Crippen molar-refractivity contribution in [3.05, 3.63) is 57.8 Å². The standard InChI is InChI=1S/C21H23Cl2FN2O3/c1-13(29-20-5-3-15(22)11-17(20)23)21(28)25-12-14-2-4-19(18(24)10-14)26-8-6-16(27)7-9-26/h2-5,10-11,13,16,27H,6-9,12H2,1H3,(H,25,28). The van der Waals surface area contributed by atoms with Crippen molar-refractivity contribution >= 4 is 34.8 Å². The summed E-state index contributed by atoms with van der Waals surface area (Å²) in [6, 6.07) is 9.68. The molecule has 1 fully saturated rings. The largest absolute Gasteiger partial charge is 0.479 e. The number of hydrogen-bond acceptors (Lipinski definition) is 4. The molecule has 1 unspecified atom stereocenters. The first-order valence-electron chi connectivity index (χ1n) is 9.44. The number of nitrogens with one attached hydrogen (secondary N) is 1. The number of ether oxygens (including phenoxy) is 1. The number of amides is 1. The van der Waals surface area contributed by atoms with Crippen molar-refractivity contribution < 1.29 is 19.0 Å². The zero-order chi connectivity index (χ0) is 21.0. The van der Waals surface area contributed by atoms with Gasteiger partial charge in [0.15, 0.2) is 6.10 Å². The Morgan fingerprint density at radius 3 is 2.66 bits per heavy atom. The lowest BCUT2D eigenvalue weighted by molar-refractivity contribution is -0.127. The van der Waals surface area contributed by atoms with Crippen molar-refractivity contribution in [2.45, 2.75) is 38.5 Å². The van der Waals surface area contributed by atoms with Gasteiger partial charge < -0.3 is 20.1 Å². The van der Waals surface area contributed by atoms with Gasteiger partial charge in [-0.1, -0.05) is 29.3 Å². The molecular formula is C21H23Cl2FN2O3. The highest BCUT2D eigenvalue weighted by molar-refractivity contribution is 6.35. The molecule has 29 heavy (non-hydrogen) atoms. The van der Waals surface area contributed by atoms with Gasteiger partial charge in [0.05, 0.1) is 16.8 Å². The van der Waals surface area contributed by atoms with Gasteiger partial charge in [-0.05, 0) is 55.7 Å². The Kier molecular flexibility index (Phi) is 7.22. The molecule has 1 atom stereocenters. The van der Waals surface area contributed by atoms with Crippen molar-refractivity contribution in [2.75, 3.05) is 18.0 Å². The van der Waals surface area contributed by atoms with E-state index in [-0.39, 0.29) is 24.4 Å². The molecule has 0 radical (unpaired) electrons. The number of nitrogens with zero attached hydrogens (tertiary/aromatic N) is 1. The van der Waals surface area contributed by atoms with Gasteiger partial charge in [-0.25, -0.2) is 4.39 Å². The lowest BCUT2D eigenvalue weighted by Crippen LogP contribution is -2.36. The summed E-state index contributed by atoms with van der Waals surface area (Å²) >= 11 is 11.9. The summed E-state index contributed by atoms with van der Waals surface area (Å²) in [7, 11) is 0. The second kappa shape index (κ2) is 9.65. The number of piperidine rings is 1. The van der Waals surface area contributed by atoms with Crippen LogP contribution in [0.2, 0.25) is 10.0 Å². The van der Waals surface area contributed by atoms with E-state index in [9.17, 15) is 14.3 Å². The van der Waals surface area contributed by atoms with Crippen molar-refractivity contribution in [2.24, 2.45) is 0 Å². The quantitative estimate of drug-likeness (QED) is 0.707. The highest BCUT2D eigenvalue weighted by Crippen LogP contribution is 2.28. The Morgan fingerprint density at radius 1 is 1.28 bits per heavy atom. The van der Waals surface area contributed by atoms with Crippen LogP contribution >= 0.6 is 23.2 Å². The summed E-state index contributed by atoms with van der Waals surface area (Å²) < 4.78 is 20.1. The zero-order valence-electron chi connectivity index (χ0n) is 16.0. The van der Waals surface area contributed by atoms with E-state index >= 15 is 0 Å².